The minimum absolute atomic E-state index is 0.0226. The average Bonchev–Trinajstić information content (AvgIpc) is 2.48. The van der Waals surface area contributed by atoms with Gasteiger partial charge in [-0.1, -0.05) is 41.4 Å². The van der Waals surface area contributed by atoms with E-state index in [2.05, 4.69) is 4.98 Å². The molecule has 0 saturated carbocycles. The van der Waals surface area contributed by atoms with Crippen molar-refractivity contribution >= 4 is 11.6 Å². The molecule has 0 fully saturated rings. The average molecular weight is 291 g/mol. The van der Waals surface area contributed by atoms with Crippen LogP contribution in [0.15, 0.2) is 42.7 Å². The number of aryl methyl sites for hydroxylation is 1. The van der Waals surface area contributed by atoms with Crippen LogP contribution in [0, 0.1) is 6.92 Å². The molecule has 1 unspecified atom stereocenters. The van der Waals surface area contributed by atoms with E-state index in [1.165, 1.54) is 5.56 Å². The zero-order chi connectivity index (χ0) is 14.6. The Morgan fingerprint density at radius 1 is 1.25 bits per heavy atom. The van der Waals surface area contributed by atoms with Crippen molar-refractivity contribution in [2.45, 2.75) is 18.8 Å². The van der Waals surface area contributed by atoms with Crippen molar-refractivity contribution < 1.29 is 5.11 Å². The summed E-state index contributed by atoms with van der Waals surface area (Å²) in [6.07, 6.45) is 3.91. The van der Waals surface area contributed by atoms with Crippen LogP contribution in [0.1, 0.15) is 16.7 Å². The molecule has 4 heteroatoms. The van der Waals surface area contributed by atoms with E-state index >= 15 is 0 Å². The first-order chi connectivity index (χ1) is 9.61. The lowest BCUT2D eigenvalue weighted by Gasteiger charge is -2.31. The van der Waals surface area contributed by atoms with Gasteiger partial charge in [-0.3, -0.25) is 4.98 Å². The monoisotopic (exact) mass is 290 g/mol. The van der Waals surface area contributed by atoms with Crippen LogP contribution in [0.25, 0.3) is 0 Å². The Morgan fingerprint density at radius 3 is 2.50 bits per heavy atom. The molecule has 2 aromatic rings. The highest BCUT2D eigenvalue weighted by molar-refractivity contribution is 6.31. The minimum Gasteiger partial charge on any atom is -0.395 e. The molecule has 3 N–H and O–H groups in total. The molecule has 0 amide bonds. The molecule has 1 heterocycles. The van der Waals surface area contributed by atoms with Gasteiger partial charge in [-0.25, -0.2) is 0 Å². The van der Waals surface area contributed by atoms with Gasteiger partial charge in [-0.05, 0) is 30.5 Å². The predicted molar refractivity (Wildman–Crippen MR) is 81.9 cm³/mol. The van der Waals surface area contributed by atoms with E-state index < -0.39 is 5.41 Å². The third kappa shape index (κ3) is 3.01. The highest BCUT2D eigenvalue weighted by Crippen LogP contribution is 2.30. The first-order valence-corrected chi connectivity index (χ1v) is 6.95. The number of pyridine rings is 1. The molecule has 0 aliphatic carbocycles. The minimum atomic E-state index is -0.515. The normalized spacial score (nSPS) is 14.0. The van der Waals surface area contributed by atoms with E-state index in [1.54, 1.807) is 12.4 Å². The van der Waals surface area contributed by atoms with Crippen LogP contribution in [0.3, 0.4) is 0 Å². The smallest absolute Gasteiger partial charge is 0.0621 e. The number of hydrogen-bond donors (Lipinski definition) is 2. The largest absolute Gasteiger partial charge is 0.395 e. The van der Waals surface area contributed by atoms with Gasteiger partial charge < -0.3 is 10.8 Å². The fourth-order valence-corrected chi connectivity index (χ4v) is 2.51. The summed E-state index contributed by atoms with van der Waals surface area (Å²) in [5.74, 6) is 0. The first-order valence-electron chi connectivity index (χ1n) is 6.58. The first kappa shape index (κ1) is 15.0. The maximum atomic E-state index is 9.91. The Balaban J connectivity index is 2.39. The van der Waals surface area contributed by atoms with Gasteiger partial charge in [0.25, 0.3) is 0 Å². The highest BCUT2D eigenvalue weighted by Gasteiger charge is 2.31. The maximum absolute atomic E-state index is 9.91. The van der Waals surface area contributed by atoms with Crippen molar-refractivity contribution in [2.24, 2.45) is 5.73 Å². The second-order valence-electron chi connectivity index (χ2n) is 5.15. The summed E-state index contributed by atoms with van der Waals surface area (Å²) in [5, 5.41) is 10.5. The van der Waals surface area contributed by atoms with Crippen molar-refractivity contribution in [1.82, 2.24) is 4.98 Å². The number of halogens is 1. The molecule has 0 radical (unpaired) electrons. The van der Waals surface area contributed by atoms with Gasteiger partial charge in [-0.2, -0.15) is 0 Å². The third-order valence-corrected chi connectivity index (χ3v) is 4.08. The van der Waals surface area contributed by atoms with E-state index in [1.807, 2.05) is 37.3 Å². The van der Waals surface area contributed by atoms with Crippen LogP contribution < -0.4 is 5.73 Å². The Bertz CT molecular complexity index is 565. The van der Waals surface area contributed by atoms with Gasteiger partial charge in [0.05, 0.1) is 11.6 Å². The van der Waals surface area contributed by atoms with Gasteiger partial charge in [0.1, 0.15) is 0 Å². The van der Waals surface area contributed by atoms with E-state index in [0.29, 0.717) is 18.0 Å². The van der Waals surface area contributed by atoms with Crippen LogP contribution >= 0.6 is 11.6 Å². The topological polar surface area (TPSA) is 59.1 Å². The molecule has 0 aliphatic rings. The molecule has 2 rings (SSSR count). The molecule has 106 valence electrons. The standard InChI is InChI=1S/C16H19ClN2O/c1-12-2-4-14(5-3-12)16(10-18,11-20)8-13-6-7-19-9-15(13)17/h2-7,9,20H,8,10-11,18H2,1H3. The van der Waals surface area contributed by atoms with Gasteiger partial charge in [0.15, 0.2) is 0 Å². The Morgan fingerprint density at radius 2 is 1.95 bits per heavy atom. The number of nitrogens with zero attached hydrogens (tertiary/aromatic N) is 1. The van der Waals surface area contributed by atoms with Crippen molar-refractivity contribution in [1.29, 1.82) is 0 Å². The molecule has 1 aromatic heterocycles. The van der Waals surface area contributed by atoms with Crippen LogP contribution in [0.5, 0.6) is 0 Å². The number of benzene rings is 1. The number of aliphatic hydroxyl groups is 1. The fraction of sp³-hybridized carbons (Fsp3) is 0.312. The fourth-order valence-electron chi connectivity index (χ4n) is 2.32. The van der Waals surface area contributed by atoms with E-state index in [-0.39, 0.29) is 6.61 Å². The van der Waals surface area contributed by atoms with Crippen LogP contribution in [-0.2, 0) is 11.8 Å². The number of rotatable bonds is 5. The SMILES string of the molecule is Cc1ccc(C(CN)(CO)Cc2ccncc2Cl)cc1. The predicted octanol–water partition coefficient (Wildman–Crippen LogP) is 2.47. The quantitative estimate of drug-likeness (QED) is 0.889. The summed E-state index contributed by atoms with van der Waals surface area (Å²) < 4.78 is 0. The molecule has 0 spiro atoms. The lowest BCUT2D eigenvalue weighted by Crippen LogP contribution is -2.41. The molecule has 1 atom stereocenters. The van der Waals surface area contributed by atoms with Crippen molar-refractivity contribution in [3.05, 3.63) is 64.4 Å². The lowest BCUT2D eigenvalue weighted by molar-refractivity contribution is 0.196. The summed E-state index contributed by atoms with van der Waals surface area (Å²) >= 11 is 6.17. The van der Waals surface area contributed by atoms with Crippen LogP contribution in [-0.4, -0.2) is 23.2 Å². The van der Waals surface area contributed by atoms with Gasteiger partial charge >= 0.3 is 0 Å². The summed E-state index contributed by atoms with van der Waals surface area (Å²) in [6.45, 7) is 2.36. The molecular formula is C16H19ClN2O. The zero-order valence-electron chi connectivity index (χ0n) is 11.5. The van der Waals surface area contributed by atoms with Crippen LogP contribution in [0.4, 0.5) is 0 Å². The molecule has 3 nitrogen and oxygen atoms in total. The molecular weight excluding hydrogens is 272 g/mol. The molecule has 0 bridgehead atoms. The van der Waals surface area contributed by atoms with Crippen molar-refractivity contribution in [3.8, 4) is 0 Å². The van der Waals surface area contributed by atoms with Gasteiger partial charge in [0, 0.05) is 24.4 Å². The molecule has 1 aromatic carbocycles. The number of aliphatic hydroxyl groups excluding tert-OH is 1. The van der Waals surface area contributed by atoms with Gasteiger partial charge in [-0.15, -0.1) is 0 Å². The second-order valence-corrected chi connectivity index (χ2v) is 5.56. The molecule has 0 saturated heterocycles. The second kappa shape index (κ2) is 6.35. The number of hydrogen-bond acceptors (Lipinski definition) is 3. The lowest BCUT2D eigenvalue weighted by atomic mass is 9.76. The van der Waals surface area contributed by atoms with E-state index in [0.717, 1.165) is 11.1 Å². The van der Waals surface area contributed by atoms with E-state index in [4.69, 9.17) is 17.3 Å². The van der Waals surface area contributed by atoms with E-state index in [9.17, 15) is 5.11 Å². The summed E-state index contributed by atoms with van der Waals surface area (Å²) in [4.78, 5) is 3.99. The van der Waals surface area contributed by atoms with Gasteiger partial charge in [0.2, 0.25) is 0 Å². The summed E-state index contributed by atoms with van der Waals surface area (Å²) in [6, 6.07) is 9.98. The summed E-state index contributed by atoms with van der Waals surface area (Å²) in [7, 11) is 0. The van der Waals surface area contributed by atoms with Crippen molar-refractivity contribution in [3.63, 3.8) is 0 Å². The third-order valence-electron chi connectivity index (χ3n) is 3.74. The Hall–Kier alpha value is -1.42. The molecule has 20 heavy (non-hydrogen) atoms. The molecule has 0 aliphatic heterocycles. The Labute approximate surface area is 124 Å². The van der Waals surface area contributed by atoms with Crippen LogP contribution in [0.2, 0.25) is 5.02 Å². The highest BCUT2D eigenvalue weighted by atomic mass is 35.5. The number of aromatic nitrogens is 1. The Kier molecular flexibility index (Phi) is 4.76. The summed E-state index contributed by atoms with van der Waals surface area (Å²) in [5.41, 5.74) is 8.61. The van der Waals surface area contributed by atoms with Crippen molar-refractivity contribution in [2.75, 3.05) is 13.2 Å². The zero-order valence-corrected chi connectivity index (χ0v) is 12.3. The number of nitrogens with two attached hydrogens (primary N) is 1. The maximum Gasteiger partial charge on any atom is 0.0621 e.